The van der Waals surface area contributed by atoms with E-state index in [0.717, 1.165) is 9.37 Å². The standard InChI is InChI=1S/C15H17BrN2O2S/c1-10(2)18-15(13(20-3)8-17-18)12(19)9-21-14-7-5-4-6-11(14)16/h4-8,10H,9H2,1-3H3. The maximum Gasteiger partial charge on any atom is 0.194 e. The van der Waals surface area contributed by atoms with Gasteiger partial charge in [-0.2, -0.15) is 5.10 Å². The van der Waals surface area contributed by atoms with Crippen molar-refractivity contribution in [2.45, 2.75) is 24.8 Å². The van der Waals surface area contributed by atoms with Crippen molar-refractivity contribution < 1.29 is 9.53 Å². The molecule has 0 atom stereocenters. The summed E-state index contributed by atoms with van der Waals surface area (Å²) >= 11 is 4.99. The van der Waals surface area contributed by atoms with Crippen LogP contribution < -0.4 is 4.74 Å². The number of thioether (sulfide) groups is 1. The van der Waals surface area contributed by atoms with Gasteiger partial charge in [-0.05, 0) is 41.9 Å². The monoisotopic (exact) mass is 368 g/mol. The lowest BCUT2D eigenvalue weighted by molar-refractivity contribution is 0.100. The van der Waals surface area contributed by atoms with Crippen LogP contribution in [0.25, 0.3) is 0 Å². The van der Waals surface area contributed by atoms with Gasteiger partial charge < -0.3 is 4.74 Å². The highest BCUT2D eigenvalue weighted by Crippen LogP contribution is 2.29. The molecule has 0 radical (unpaired) electrons. The first-order chi connectivity index (χ1) is 10.0. The molecular formula is C15H17BrN2O2S. The molecular weight excluding hydrogens is 352 g/mol. The normalized spacial score (nSPS) is 10.9. The molecule has 0 aliphatic carbocycles. The highest BCUT2D eigenvalue weighted by atomic mass is 79.9. The lowest BCUT2D eigenvalue weighted by Crippen LogP contribution is -2.15. The topological polar surface area (TPSA) is 44.1 Å². The summed E-state index contributed by atoms with van der Waals surface area (Å²) in [6.07, 6.45) is 1.59. The third-order valence-corrected chi connectivity index (χ3v) is 4.96. The summed E-state index contributed by atoms with van der Waals surface area (Å²) in [6, 6.07) is 7.97. The third-order valence-electron chi connectivity index (χ3n) is 2.93. The second-order valence-electron chi connectivity index (χ2n) is 4.74. The lowest BCUT2D eigenvalue weighted by Gasteiger charge is -2.11. The molecule has 112 valence electrons. The van der Waals surface area contributed by atoms with Gasteiger partial charge in [-0.3, -0.25) is 9.48 Å². The van der Waals surface area contributed by atoms with Gasteiger partial charge in [0.15, 0.2) is 11.5 Å². The first kappa shape index (κ1) is 16.1. The van der Waals surface area contributed by atoms with E-state index in [2.05, 4.69) is 21.0 Å². The molecule has 1 aromatic carbocycles. The molecule has 2 rings (SSSR count). The smallest absolute Gasteiger partial charge is 0.194 e. The molecule has 0 bridgehead atoms. The van der Waals surface area contributed by atoms with Crippen LogP contribution in [-0.2, 0) is 0 Å². The number of ether oxygens (including phenoxy) is 1. The summed E-state index contributed by atoms with van der Waals surface area (Å²) in [6.45, 7) is 3.98. The van der Waals surface area contributed by atoms with Crippen molar-refractivity contribution in [1.29, 1.82) is 0 Å². The maximum atomic E-state index is 12.5. The van der Waals surface area contributed by atoms with Gasteiger partial charge >= 0.3 is 0 Å². The number of Topliss-reactive ketones (excluding diaryl/α,β-unsaturated/α-hetero) is 1. The van der Waals surface area contributed by atoms with Gasteiger partial charge in [0.2, 0.25) is 0 Å². The average molecular weight is 369 g/mol. The zero-order valence-corrected chi connectivity index (χ0v) is 14.6. The number of hydrogen-bond acceptors (Lipinski definition) is 4. The number of carbonyl (C=O) groups is 1. The predicted octanol–water partition coefficient (Wildman–Crippen LogP) is 4.21. The van der Waals surface area contributed by atoms with Gasteiger partial charge in [-0.1, -0.05) is 12.1 Å². The number of rotatable bonds is 6. The fraction of sp³-hybridized carbons (Fsp3) is 0.333. The van der Waals surface area contributed by atoms with E-state index in [4.69, 9.17) is 4.74 Å². The highest BCUT2D eigenvalue weighted by molar-refractivity contribution is 9.10. The Morgan fingerprint density at radius 1 is 1.43 bits per heavy atom. The van der Waals surface area contributed by atoms with E-state index < -0.39 is 0 Å². The van der Waals surface area contributed by atoms with Crippen LogP contribution in [0.1, 0.15) is 30.4 Å². The molecule has 0 amide bonds. The van der Waals surface area contributed by atoms with Gasteiger partial charge in [0.1, 0.15) is 5.69 Å². The Balaban J connectivity index is 2.17. The van der Waals surface area contributed by atoms with Crippen molar-refractivity contribution in [2.75, 3.05) is 12.9 Å². The fourth-order valence-electron chi connectivity index (χ4n) is 1.93. The van der Waals surface area contributed by atoms with Gasteiger partial charge in [0.25, 0.3) is 0 Å². The van der Waals surface area contributed by atoms with Crippen LogP contribution in [0.5, 0.6) is 5.75 Å². The molecule has 0 spiro atoms. The van der Waals surface area contributed by atoms with Crippen molar-refractivity contribution in [3.05, 3.63) is 40.6 Å². The van der Waals surface area contributed by atoms with E-state index in [9.17, 15) is 4.79 Å². The Bertz CT molecular complexity index is 640. The number of aromatic nitrogens is 2. The van der Waals surface area contributed by atoms with Crippen molar-refractivity contribution >= 4 is 33.5 Å². The Hall–Kier alpha value is -1.27. The van der Waals surface area contributed by atoms with Gasteiger partial charge in [0, 0.05) is 15.4 Å². The van der Waals surface area contributed by atoms with Crippen LogP contribution in [0.15, 0.2) is 39.8 Å². The lowest BCUT2D eigenvalue weighted by atomic mass is 10.2. The molecule has 2 aromatic rings. The summed E-state index contributed by atoms with van der Waals surface area (Å²) in [7, 11) is 1.55. The van der Waals surface area contributed by atoms with E-state index in [0.29, 0.717) is 17.2 Å². The Morgan fingerprint density at radius 3 is 2.76 bits per heavy atom. The Kier molecular flexibility index (Phi) is 5.47. The average Bonchev–Trinajstić information content (AvgIpc) is 2.90. The van der Waals surface area contributed by atoms with Crippen LogP contribution >= 0.6 is 27.7 Å². The molecule has 0 unspecified atom stereocenters. The highest BCUT2D eigenvalue weighted by Gasteiger charge is 2.21. The molecule has 1 aromatic heterocycles. The second-order valence-corrected chi connectivity index (χ2v) is 6.61. The third kappa shape index (κ3) is 3.68. The quantitative estimate of drug-likeness (QED) is 0.565. The molecule has 0 aliphatic heterocycles. The van der Waals surface area contributed by atoms with Gasteiger partial charge in [-0.25, -0.2) is 0 Å². The van der Waals surface area contributed by atoms with Crippen molar-refractivity contribution in [2.24, 2.45) is 0 Å². The van der Waals surface area contributed by atoms with Crippen LogP contribution in [0, 0.1) is 0 Å². The van der Waals surface area contributed by atoms with E-state index in [-0.39, 0.29) is 11.8 Å². The number of halogens is 1. The molecule has 0 saturated carbocycles. The fourth-order valence-corrected chi connectivity index (χ4v) is 3.36. The minimum absolute atomic E-state index is 0.0128. The first-order valence-corrected chi connectivity index (χ1v) is 8.34. The molecule has 4 nitrogen and oxygen atoms in total. The number of hydrogen-bond donors (Lipinski definition) is 0. The Labute approximate surface area is 137 Å². The van der Waals surface area contributed by atoms with E-state index >= 15 is 0 Å². The predicted molar refractivity (Wildman–Crippen MR) is 88.4 cm³/mol. The minimum atomic E-state index is 0.0128. The first-order valence-electron chi connectivity index (χ1n) is 6.56. The zero-order valence-electron chi connectivity index (χ0n) is 12.2. The van der Waals surface area contributed by atoms with E-state index in [1.54, 1.807) is 18.0 Å². The minimum Gasteiger partial charge on any atom is -0.493 e. The molecule has 21 heavy (non-hydrogen) atoms. The number of carbonyl (C=O) groups excluding carboxylic acids is 1. The molecule has 0 aliphatic rings. The summed E-state index contributed by atoms with van der Waals surface area (Å²) in [4.78, 5) is 13.6. The molecule has 0 fully saturated rings. The van der Waals surface area contributed by atoms with Gasteiger partial charge in [0.05, 0.1) is 19.1 Å². The molecule has 1 heterocycles. The van der Waals surface area contributed by atoms with Crippen LogP contribution in [0.3, 0.4) is 0 Å². The SMILES string of the molecule is COc1cnn(C(C)C)c1C(=O)CSc1ccccc1Br. The van der Waals surface area contributed by atoms with Crippen LogP contribution in [0.4, 0.5) is 0 Å². The van der Waals surface area contributed by atoms with E-state index in [1.165, 1.54) is 11.8 Å². The number of nitrogens with zero attached hydrogens (tertiary/aromatic N) is 2. The molecule has 0 N–H and O–H groups in total. The van der Waals surface area contributed by atoms with Crippen LogP contribution in [0.2, 0.25) is 0 Å². The number of benzene rings is 1. The van der Waals surface area contributed by atoms with E-state index in [1.807, 2.05) is 38.1 Å². The molecule has 6 heteroatoms. The van der Waals surface area contributed by atoms with Crippen molar-refractivity contribution in [3.63, 3.8) is 0 Å². The van der Waals surface area contributed by atoms with Gasteiger partial charge in [-0.15, -0.1) is 11.8 Å². The van der Waals surface area contributed by atoms with Crippen LogP contribution in [-0.4, -0.2) is 28.4 Å². The maximum absolute atomic E-state index is 12.5. The zero-order chi connectivity index (χ0) is 15.4. The Morgan fingerprint density at radius 2 is 2.14 bits per heavy atom. The van der Waals surface area contributed by atoms with Crippen molar-refractivity contribution in [1.82, 2.24) is 9.78 Å². The summed E-state index contributed by atoms with van der Waals surface area (Å²) in [5.41, 5.74) is 0.534. The second kappa shape index (κ2) is 7.13. The summed E-state index contributed by atoms with van der Waals surface area (Å²) < 4.78 is 7.95. The summed E-state index contributed by atoms with van der Waals surface area (Å²) in [5.74, 6) is 0.887. The van der Waals surface area contributed by atoms with Crippen molar-refractivity contribution in [3.8, 4) is 5.75 Å². The summed E-state index contributed by atoms with van der Waals surface area (Å²) in [5, 5.41) is 4.23. The number of ketones is 1. The largest absolute Gasteiger partial charge is 0.493 e. The molecule has 0 saturated heterocycles. The number of methoxy groups -OCH3 is 1.